The van der Waals surface area contributed by atoms with Gasteiger partial charge in [0.1, 0.15) is 0 Å². The smallest absolute Gasteiger partial charge is 0.0106 e. The van der Waals surface area contributed by atoms with Crippen molar-refractivity contribution < 1.29 is 0 Å². The highest BCUT2D eigenvalue weighted by molar-refractivity contribution is 7.97. The molecule has 0 saturated carbocycles. The summed E-state index contributed by atoms with van der Waals surface area (Å²) in [6, 6.07) is 0. The van der Waals surface area contributed by atoms with E-state index in [4.69, 9.17) is 0 Å². The van der Waals surface area contributed by atoms with E-state index in [9.17, 15) is 0 Å². The van der Waals surface area contributed by atoms with E-state index < -0.39 is 0 Å². The van der Waals surface area contributed by atoms with Gasteiger partial charge in [0.25, 0.3) is 0 Å². The third-order valence-electron chi connectivity index (χ3n) is 1.75. The fourth-order valence-corrected chi connectivity index (χ4v) is 2.00. The Kier molecular flexibility index (Phi) is 2.86. The molecule has 0 bridgehead atoms. The number of rotatable bonds is 0. The van der Waals surface area contributed by atoms with Gasteiger partial charge in [0, 0.05) is 12.3 Å². The SMILES string of the molecule is CC1CCCN(C)SC1. The average Bonchev–Trinajstić information content (AvgIpc) is 1.97. The molecular formula is C7H15NS. The number of nitrogens with zero attached hydrogens (tertiary/aromatic N) is 1. The van der Waals surface area contributed by atoms with E-state index in [2.05, 4.69) is 18.3 Å². The zero-order chi connectivity index (χ0) is 6.69. The van der Waals surface area contributed by atoms with Gasteiger partial charge in [0.2, 0.25) is 0 Å². The lowest BCUT2D eigenvalue weighted by Gasteiger charge is -2.10. The van der Waals surface area contributed by atoms with Crippen LogP contribution >= 0.6 is 11.9 Å². The predicted molar refractivity (Wildman–Crippen MR) is 43.5 cm³/mol. The van der Waals surface area contributed by atoms with Gasteiger partial charge in [0.05, 0.1) is 0 Å². The van der Waals surface area contributed by atoms with E-state index in [1.807, 2.05) is 11.9 Å². The lowest BCUT2D eigenvalue weighted by atomic mass is 10.1. The number of hydrogen-bond acceptors (Lipinski definition) is 2. The molecule has 0 amide bonds. The van der Waals surface area contributed by atoms with Crippen LogP contribution in [0.15, 0.2) is 0 Å². The minimum atomic E-state index is 0.931. The topological polar surface area (TPSA) is 3.24 Å². The quantitative estimate of drug-likeness (QED) is 0.480. The fourth-order valence-electron chi connectivity index (χ4n) is 1.06. The molecule has 0 spiro atoms. The molecule has 1 unspecified atom stereocenters. The van der Waals surface area contributed by atoms with Crippen molar-refractivity contribution in [2.75, 3.05) is 19.3 Å². The third kappa shape index (κ3) is 2.59. The van der Waals surface area contributed by atoms with Crippen molar-refractivity contribution in [1.29, 1.82) is 0 Å². The Labute approximate surface area is 61.9 Å². The van der Waals surface area contributed by atoms with Crippen LogP contribution in [0.4, 0.5) is 0 Å². The second kappa shape index (κ2) is 3.47. The molecule has 0 N–H and O–H groups in total. The molecule has 1 nitrogen and oxygen atoms in total. The molecule has 0 aromatic heterocycles. The molecule has 1 fully saturated rings. The Balaban J connectivity index is 2.25. The van der Waals surface area contributed by atoms with Crippen molar-refractivity contribution in [2.45, 2.75) is 19.8 Å². The Bertz CT molecular complexity index is 75.0. The summed E-state index contributed by atoms with van der Waals surface area (Å²) in [4.78, 5) is 0. The van der Waals surface area contributed by atoms with Crippen LogP contribution in [-0.4, -0.2) is 23.7 Å². The van der Waals surface area contributed by atoms with Crippen molar-refractivity contribution >= 4 is 11.9 Å². The van der Waals surface area contributed by atoms with Crippen molar-refractivity contribution in [3.8, 4) is 0 Å². The summed E-state index contributed by atoms with van der Waals surface area (Å²) in [7, 11) is 2.18. The second-order valence-corrected chi connectivity index (χ2v) is 4.11. The van der Waals surface area contributed by atoms with Crippen LogP contribution in [-0.2, 0) is 0 Å². The lowest BCUT2D eigenvalue weighted by Crippen LogP contribution is -2.08. The number of hydrogen-bond donors (Lipinski definition) is 0. The van der Waals surface area contributed by atoms with Crippen molar-refractivity contribution in [2.24, 2.45) is 5.92 Å². The molecule has 1 heterocycles. The molecule has 1 aliphatic rings. The van der Waals surface area contributed by atoms with Gasteiger partial charge in [0.15, 0.2) is 0 Å². The summed E-state index contributed by atoms with van der Waals surface area (Å²) >= 11 is 1.98. The maximum atomic E-state index is 2.35. The monoisotopic (exact) mass is 145 g/mol. The average molecular weight is 145 g/mol. The second-order valence-electron chi connectivity index (χ2n) is 2.89. The van der Waals surface area contributed by atoms with Crippen LogP contribution < -0.4 is 0 Å². The van der Waals surface area contributed by atoms with E-state index in [1.165, 1.54) is 25.1 Å². The van der Waals surface area contributed by atoms with Crippen LogP contribution in [0.5, 0.6) is 0 Å². The van der Waals surface area contributed by atoms with Gasteiger partial charge in [-0.05, 0) is 25.8 Å². The standard InChI is InChI=1S/C7H15NS/c1-7-4-3-5-8(2)9-6-7/h7H,3-6H2,1-2H3. The highest BCUT2D eigenvalue weighted by Gasteiger charge is 2.09. The van der Waals surface area contributed by atoms with Crippen LogP contribution in [0.25, 0.3) is 0 Å². The van der Waals surface area contributed by atoms with E-state index in [-0.39, 0.29) is 0 Å². The minimum Gasteiger partial charge on any atom is -0.254 e. The maximum absolute atomic E-state index is 2.35. The summed E-state index contributed by atoms with van der Waals surface area (Å²) < 4.78 is 2.35. The van der Waals surface area contributed by atoms with E-state index in [1.54, 1.807) is 0 Å². The minimum absolute atomic E-state index is 0.931. The van der Waals surface area contributed by atoms with Crippen LogP contribution in [0.2, 0.25) is 0 Å². The first-order chi connectivity index (χ1) is 4.29. The lowest BCUT2D eigenvalue weighted by molar-refractivity contribution is 0.508. The highest BCUT2D eigenvalue weighted by Crippen LogP contribution is 2.20. The zero-order valence-corrected chi connectivity index (χ0v) is 7.08. The van der Waals surface area contributed by atoms with E-state index in [0.29, 0.717) is 0 Å². The third-order valence-corrected chi connectivity index (χ3v) is 3.09. The zero-order valence-electron chi connectivity index (χ0n) is 6.26. The first kappa shape index (κ1) is 7.42. The highest BCUT2D eigenvalue weighted by atomic mass is 32.2. The normalized spacial score (nSPS) is 32.0. The van der Waals surface area contributed by atoms with Crippen LogP contribution in [0.1, 0.15) is 19.8 Å². The molecular weight excluding hydrogens is 130 g/mol. The Morgan fingerprint density at radius 2 is 2.33 bits per heavy atom. The van der Waals surface area contributed by atoms with E-state index >= 15 is 0 Å². The summed E-state index contributed by atoms with van der Waals surface area (Å²) in [5, 5.41) is 0. The van der Waals surface area contributed by atoms with Gasteiger partial charge in [-0.15, -0.1) is 0 Å². The van der Waals surface area contributed by atoms with Gasteiger partial charge in [-0.2, -0.15) is 0 Å². The Morgan fingerprint density at radius 3 is 3.11 bits per heavy atom. The van der Waals surface area contributed by atoms with E-state index in [0.717, 1.165) is 5.92 Å². The summed E-state index contributed by atoms with van der Waals surface area (Å²) in [5.41, 5.74) is 0. The molecule has 1 saturated heterocycles. The summed E-state index contributed by atoms with van der Waals surface area (Å²) in [6.07, 6.45) is 2.79. The summed E-state index contributed by atoms with van der Waals surface area (Å²) in [6.45, 7) is 3.61. The van der Waals surface area contributed by atoms with Crippen molar-refractivity contribution in [3.05, 3.63) is 0 Å². The van der Waals surface area contributed by atoms with Gasteiger partial charge in [-0.25, -0.2) is 0 Å². The van der Waals surface area contributed by atoms with Gasteiger partial charge in [-0.1, -0.05) is 18.9 Å². The molecule has 9 heavy (non-hydrogen) atoms. The molecule has 0 aromatic rings. The van der Waals surface area contributed by atoms with Crippen molar-refractivity contribution in [1.82, 2.24) is 4.31 Å². The molecule has 2 heteroatoms. The van der Waals surface area contributed by atoms with Gasteiger partial charge >= 0.3 is 0 Å². The molecule has 0 aromatic carbocycles. The molecule has 54 valence electrons. The summed E-state index contributed by atoms with van der Waals surface area (Å²) in [5.74, 6) is 2.25. The van der Waals surface area contributed by atoms with Crippen LogP contribution in [0, 0.1) is 5.92 Å². The van der Waals surface area contributed by atoms with Crippen LogP contribution in [0.3, 0.4) is 0 Å². The first-order valence-corrected chi connectivity index (χ1v) is 4.57. The maximum Gasteiger partial charge on any atom is 0.0106 e. The Hall–Kier alpha value is 0.310. The van der Waals surface area contributed by atoms with Gasteiger partial charge < -0.3 is 0 Å². The predicted octanol–water partition coefficient (Wildman–Crippen LogP) is 2.00. The van der Waals surface area contributed by atoms with Crippen molar-refractivity contribution in [3.63, 3.8) is 0 Å². The molecule has 1 atom stereocenters. The molecule has 1 rings (SSSR count). The molecule has 0 radical (unpaired) electrons. The molecule has 1 aliphatic heterocycles. The van der Waals surface area contributed by atoms with Gasteiger partial charge in [-0.3, -0.25) is 4.31 Å². The Morgan fingerprint density at radius 1 is 1.56 bits per heavy atom. The molecule has 0 aliphatic carbocycles. The first-order valence-electron chi connectivity index (χ1n) is 3.63. The largest absolute Gasteiger partial charge is 0.254 e. The fraction of sp³-hybridized carbons (Fsp3) is 1.00.